The van der Waals surface area contributed by atoms with E-state index in [1.54, 1.807) is 22.2 Å². The second-order valence-corrected chi connectivity index (χ2v) is 10.2. The van der Waals surface area contributed by atoms with E-state index in [2.05, 4.69) is 29.0 Å². The van der Waals surface area contributed by atoms with E-state index in [-0.39, 0.29) is 17.9 Å². The number of rotatable bonds is 8. The molecule has 170 valence electrons. The maximum absolute atomic E-state index is 13.0. The van der Waals surface area contributed by atoms with E-state index >= 15 is 0 Å². The van der Waals surface area contributed by atoms with Gasteiger partial charge >= 0.3 is 0 Å². The van der Waals surface area contributed by atoms with Crippen molar-refractivity contribution < 1.29 is 9.53 Å². The van der Waals surface area contributed by atoms with Gasteiger partial charge in [-0.2, -0.15) is 0 Å². The van der Waals surface area contributed by atoms with E-state index in [0.717, 1.165) is 62.2 Å². The first-order valence-electron chi connectivity index (χ1n) is 11.6. The third-order valence-electron chi connectivity index (χ3n) is 6.36. The number of morpholine rings is 1. The summed E-state index contributed by atoms with van der Waals surface area (Å²) in [7, 11) is 0. The molecule has 2 aromatic heterocycles. The molecule has 3 heterocycles. The zero-order chi connectivity index (χ0) is 21.8. The Morgan fingerprint density at radius 2 is 2.03 bits per heavy atom. The normalized spacial score (nSPS) is 18.3. The number of nitrogens with zero attached hydrogens (tertiary/aromatic N) is 3. The van der Waals surface area contributed by atoms with Gasteiger partial charge in [-0.05, 0) is 43.6 Å². The largest absolute Gasteiger partial charge is 0.379 e. The van der Waals surface area contributed by atoms with Crippen molar-refractivity contribution in [3.63, 3.8) is 0 Å². The molecular weight excluding hydrogens is 412 g/mol. The van der Waals surface area contributed by atoms with Crippen molar-refractivity contribution in [2.45, 2.75) is 65.0 Å². The van der Waals surface area contributed by atoms with Gasteiger partial charge in [0.05, 0.1) is 24.9 Å². The number of nitrogens with one attached hydrogen (secondary N) is 1. The van der Waals surface area contributed by atoms with E-state index in [4.69, 9.17) is 4.74 Å². The third kappa shape index (κ3) is 5.35. The number of aromatic nitrogens is 2. The molecule has 0 bridgehead atoms. The molecule has 1 saturated heterocycles. The third-order valence-corrected chi connectivity index (χ3v) is 7.56. The van der Waals surface area contributed by atoms with E-state index < -0.39 is 0 Å². The lowest BCUT2D eigenvalue weighted by molar-refractivity contribution is -0.121. The average molecular weight is 447 g/mol. The summed E-state index contributed by atoms with van der Waals surface area (Å²) in [4.78, 5) is 34.7. The first kappa shape index (κ1) is 22.4. The average Bonchev–Trinajstić information content (AvgIpc) is 3.16. The zero-order valence-electron chi connectivity index (χ0n) is 18.7. The number of carbonyl (C=O) groups is 1. The van der Waals surface area contributed by atoms with Crippen LogP contribution in [0.4, 0.5) is 0 Å². The molecule has 0 aromatic carbocycles. The Labute approximate surface area is 187 Å². The van der Waals surface area contributed by atoms with Crippen molar-refractivity contribution in [2.75, 3.05) is 32.8 Å². The predicted octanol–water partition coefficient (Wildman–Crippen LogP) is 2.59. The summed E-state index contributed by atoms with van der Waals surface area (Å²) in [6.07, 6.45) is 7.29. The molecule has 0 saturated carbocycles. The summed E-state index contributed by atoms with van der Waals surface area (Å²) >= 11 is 1.66. The van der Waals surface area contributed by atoms with Gasteiger partial charge in [0, 0.05) is 43.5 Å². The summed E-state index contributed by atoms with van der Waals surface area (Å²) in [5.41, 5.74) is 1.20. The number of aryl methyl sites for hydroxylation is 3. The Bertz CT molecular complexity index is 962. The van der Waals surface area contributed by atoms with Gasteiger partial charge in [-0.15, -0.1) is 11.3 Å². The van der Waals surface area contributed by atoms with Crippen LogP contribution in [0, 0.1) is 5.92 Å². The first-order valence-corrected chi connectivity index (χ1v) is 12.4. The van der Waals surface area contributed by atoms with Gasteiger partial charge in [0.2, 0.25) is 5.91 Å². The van der Waals surface area contributed by atoms with Gasteiger partial charge in [0.25, 0.3) is 5.56 Å². The Hall–Kier alpha value is -1.77. The van der Waals surface area contributed by atoms with E-state index in [1.807, 2.05) is 0 Å². The van der Waals surface area contributed by atoms with Crippen LogP contribution in [0.1, 0.15) is 50.0 Å². The van der Waals surface area contributed by atoms with Crippen molar-refractivity contribution in [3.8, 4) is 0 Å². The summed E-state index contributed by atoms with van der Waals surface area (Å²) in [6, 6.07) is 0.325. The smallest absolute Gasteiger partial charge is 0.262 e. The summed E-state index contributed by atoms with van der Waals surface area (Å²) in [6.45, 7) is 8.78. The van der Waals surface area contributed by atoms with Crippen molar-refractivity contribution in [2.24, 2.45) is 5.92 Å². The zero-order valence-corrected chi connectivity index (χ0v) is 19.5. The molecule has 1 fully saturated rings. The highest BCUT2D eigenvalue weighted by Crippen LogP contribution is 2.33. The van der Waals surface area contributed by atoms with E-state index in [9.17, 15) is 9.59 Å². The van der Waals surface area contributed by atoms with Crippen molar-refractivity contribution >= 4 is 27.5 Å². The second-order valence-electron chi connectivity index (χ2n) is 9.12. The topological polar surface area (TPSA) is 76.5 Å². The molecule has 1 N–H and O–H groups in total. The van der Waals surface area contributed by atoms with Gasteiger partial charge in [0.1, 0.15) is 4.83 Å². The Morgan fingerprint density at radius 3 is 2.81 bits per heavy atom. The predicted molar refractivity (Wildman–Crippen MR) is 124 cm³/mol. The number of ether oxygens (including phenoxy) is 1. The molecule has 8 heteroatoms. The molecule has 7 nitrogen and oxygen atoms in total. The molecule has 1 amide bonds. The van der Waals surface area contributed by atoms with Crippen molar-refractivity contribution in [1.29, 1.82) is 0 Å². The standard InChI is InChI=1S/C23H34N4O3S/c1-16(2)13-17(26-9-11-30-12-10-26)14-24-20(28)7-8-27-15-25-22-21(23(27)29)18-5-3-4-6-19(18)31-22/h15-17H,3-14H2,1-2H3,(H,24,28). The van der Waals surface area contributed by atoms with Gasteiger partial charge < -0.3 is 10.1 Å². The molecule has 2 aromatic rings. The van der Waals surface area contributed by atoms with Crippen LogP contribution in [-0.4, -0.2) is 59.2 Å². The lowest BCUT2D eigenvalue weighted by Gasteiger charge is -2.35. The molecule has 1 aliphatic heterocycles. The molecule has 0 spiro atoms. The minimum Gasteiger partial charge on any atom is -0.379 e. The van der Waals surface area contributed by atoms with Gasteiger partial charge in [-0.1, -0.05) is 13.8 Å². The number of carbonyl (C=O) groups excluding carboxylic acids is 1. The molecule has 2 aliphatic rings. The molecule has 31 heavy (non-hydrogen) atoms. The molecule has 1 unspecified atom stereocenters. The summed E-state index contributed by atoms with van der Waals surface area (Å²) < 4.78 is 7.08. The molecule has 1 aliphatic carbocycles. The van der Waals surface area contributed by atoms with E-state index in [0.29, 0.717) is 25.0 Å². The first-order chi connectivity index (χ1) is 15.0. The highest BCUT2D eigenvalue weighted by molar-refractivity contribution is 7.18. The van der Waals surface area contributed by atoms with Gasteiger partial charge in [-0.25, -0.2) is 4.98 Å². The minimum atomic E-state index is -0.0126. The van der Waals surface area contributed by atoms with Crippen LogP contribution in [-0.2, 0) is 28.9 Å². The fourth-order valence-corrected chi connectivity index (χ4v) is 5.95. The quantitative estimate of drug-likeness (QED) is 0.675. The van der Waals surface area contributed by atoms with Gasteiger partial charge in [-0.3, -0.25) is 19.1 Å². The molecule has 0 radical (unpaired) electrons. The van der Waals surface area contributed by atoms with Crippen LogP contribution in [0.25, 0.3) is 10.2 Å². The number of thiophene rings is 1. The maximum Gasteiger partial charge on any atom is 0.262 e. The van der Waals surface area contributed by atoms with Crippen LogP contribution in [0.2, 0.25) is 0 Å². The van der Waals surface area contributed by atoms with Crippen molar-refractivity contribution in [3.05, 3.63) is 27.1 Å². The molecule has 4 rings (SSSR count). The Morgan fingerprint density at radius 1 is 1.26 bits per heavy atom. The number of fused-ring (bicyclic) bond motifs is 3. The van der Waals surface area contributed by atoms with Gasteiger partial charge in [0.15, 0.2) is 0 Å². The fourth-order valence-electron chi connectivity index (χ4n) is 4.73. The lowest BCUT2D eigenvalue weighted by atomic mass is 9.97. The fraction of sp³-hybridized carbons (Fsp3) is 0.696. The second kappa shape index (κ2) is 10.2. The highest BCUT2D eigenvalue weighted by Gasteiger charge is 2.23. The van der Waals surface area contributed by atoms with Crippen LogP contribution in [0.15, 0.2) is 11.1 Å². The maximum atomic E-state index is 13.0. The Kier molecular flexibility index (Phi) is 7.40. The van der Waals surface area contributed by atoms with Crippen LogP contribution < -0.4 is 10.9 Å². The van der Waals surface area contributed by atoms with Crippen LogP contribution in [0.3, 0.4) is 0 Å². The monoisotopic (exact) mass is 446 g/mol. The summed E-state index contributed by atoms with van der Waals surface area (Å²) in [5, 5.41) is 3.89. The van der Waals surface area contributed by atoms with E-state index in [1.165, 1.54) is 16.9 Å². The molecular formula is C23H34N4O3S. The SMILES string of the molecule is CC(C)CC(CNC(=O)CCn1cnc2sc3c(c2c1=O)CCCC3)N1CCOCC1. The van der Waals surface area contributed by atoms with Crippen LogP contribution in [0.5, 0.6) is 0 Å². The van der Waals surface area contributed by atoms with Crippen molar-refractivity contribution in [1.82, 2.24) is 19.8 Å². The Balaban J connectivity index is 1.36. The number of hydrogen-bond acceptors (Lipinski definition) is 6. The number of amides is 1. The van der Waals surface area contributed by atoms with Crippen LogP contribution >= 0.6 is 11.3 Å². The summed E-state index contributed by atoms with van der Waals surface area (Å²) in [5.74, 6) is 0.555. The minimum absolute atomic E-state index is 0.00296. The lowest BCUT2D eigenvalue weighted by Crippen LogP contribution is -2.49. The molecule has 1 atom stereocenters. The number of hydrogen-bond donors (Lipinski definition) is 1. The highest BCUT2D eigenvalue weighted by atomic mass is 32.1.